The maximum absolute atomic E-state index is 13.4. The van der Waals surface area contributed by atoms with Gasteiger partial charge in [0.2, 0.25) is 0 Å². The average molecular weight is 344 g/mol. The highest BCUT2D eigenvalue weighted by molar-refractivity contribution is 5.75. The van der Waals surface area contributed by atoms with Gasteiger partial charge in [0.1, 0.15) is 6.04 Å². The lowest BCUT2D eigenvalue weighted by atomic mass is 9.95. The maximum Gasteiger partial charge on any atom is 0.408 e. The molecule has 1 aliphatic carbocycles. The van der Waals surface area contributed by atoms with Crippen LogP contribution < -0.4 is 5.32 Å². The topological polar surface area (TPSA) is 61.0 Å². The molecule has 0 unspecified atom stereocenters. The summed E-state index contributed by atoms with van der Waals surface area (Å²) < 4.78 is 40.1. The zero-order valence-corrected chi connectivity index (χ0v) is 13.5. The van der Waals surface area contributed by atoms with Gasteiger partial charge in [-0.15, -0.1) is 0 Å². The lowest BCUT2D eigenvalue weighted by Crippen LogP contribution is -2.55. The quantitative estimate of drug-likeness (QED) is 0.883. The molecule has 2 amide bonds. The lowest BCUT2D eigenvalue weighted by Gasteiger charge is -2.35. The third-order valence-electron chi connectivity index (χ3n) is 5.17. The molecule has 2 atom stereocenters. The minimum Gasteiger partial charge on any atom is -0.326 e. The molecule has 2 heterocycles. The number of halogens is 3. The molecule has 8 heteroatoms. The number of likely N-dealkylation sites (tertiary alicyclic amines) is 1. The normalized spacial score (nSPS) is 24.1. The fourth-order valence-electron chi connectivity index (χ4n) is 3.89. The van der Waals surface area contributed by atoms with E-state index in [-0.39, 0.29) is 5.92 Å². The van der Waals surface area contributed by atoms with Crippen LogP contribution in [0.5, 0.6) is 0 Å². The van der Waals surface area contributed by atoms with E-state index < -0.39 is 24.2 Å². The number of piperidine rings is 1. The highest BCUT2D eigenvalue weighted by atomic mass is 19.4. The van der Waals surface area contributed by atoms with Crippen LogP contribution in [0.15, 0.2) is 12.3 Å². The summed E-state index contributed by atoms with van der Waals surface area (Å²) in [6, 6.07) is -0.489. The van der Waals surface area contributed by atoms with Crippen molar-refractivity contribution in [3.8, 4) is 0 Å². The number of aromatic amines is 1. The fraction of sp³-hybridized carbons (Fsp3) is 0.750. The summed E-state index contributed by atoms with van der Waals surface area (Å²) in [6.45, 7) is 0.912. The number of rotatable bonds is 3. The van der Waals surface area contributed by atoms with Crippen molar-refractivity contribution in [3.63, 3.8) is 0 Å². The summed E-state index contributed by atoms with van der Waals surface area (Å²) in [5.41, 5.74) is 0.927. The Hall–Kier alpha value is -1.73. The Kier molecular flexibility index (Phi) is 5.01. The number of alkyl halides is 3. The van der Waals surface area contributed by atoms with Crippen molar-refractivity contribution in [1.82, 2.24) is 20.4 Å². The first-order valence-electron chi connectivity index (χ1n) is 8.56. The molecular formula is C16H23F3N4O. The van der Waals surface area contributed by atoms with Crippen molar-refractivity contribution in [2.24, 2.45) is 5.92 Å². The number of carbonyl (C=O) groups excluding carboxylic acids is 1. The van der Waals surface area contributed by atoms with Crippen LogP contribution in [0.2, 0.25) is 0 Å². The van der Waals surface area contributed by atoms with Crippen LogP contribution in [0.4, 0.5) is 18.0 Å². The summed E-state index contributed by atoms with van der Waals surface area (Å²) in [4.78, 5) is 13.9. The molecule has 1 saturated heterocycles. The van der Waals surface area contributed by atoms with Crippen LogP contribution in [0, 0.1) is 5.92 Å². The number of nitrogens with zero attached hydrogens (tertiary/aromatic N) is 2. The predicted molar refractivity (Wildman–Crippen MR) is 82.5 cm³/mol. The Balaban J connectivity index is 1.64. The Bertz CT molecular complexity index is 540. The molecular weight excluding hydrogens is 321 g/mol. The van der Waals surface area contributed by atoms with Gasteiger partial charge in [0, 0.05) is 30.9 Å². The molecule has 1 aliphatic heterocycles. The molecule has 0 bridgehead atoms. The predicted octanol–water partition coefficient (Wildman–Crippen LogP) is 3.42. The highest BCUT2D eigenvalue weighted by Gasteiger charge is 2.46. The number of aromatic nitrogens is 2. The fourth-order valence-corrected chi connectivity index (χ4v) is 3.89. The maximum atomic E-state index is 13.4. The smallest absolute Gasteiger partial charge is 0.326 e. The van der Waals surface area contributed by atoms with Crippen molar-refractivity contribution in [1.29, 1.82) is 0 Å². The molecule has 0 aromatic carbocycles. The third-order valence-corrected chi connectivity index (χ3v) is 5.17. The van der Waals surface area contributed by atoms with Gasteiger partial charge in [-0.05, 0) is 37.7 Å². The first-order chi connectivity index (χ1) is 11.4. The number of hydrogen-bond donors (Lipinski definition) is 2. The van der Waals surface area contributed by atoms with Crippen LogP contribution in [0.25, 0.3) is 0 Å². The molecule has 2 aliphatic rings. The van der Waals surface area contributed by atoms with Gasteiger partial charge in [0.25, 0.3) is 0 Å². The van der Waals surface area contributed by atoms with E-state index in [0.717, 1.165) is 31.4 Å². The van der Waals surface area contributed by atoms with Crippen molar-refractivity contribution >= 4 is 6.03 Å². The van der Waals surface area contributed by atoms with E-state index in [9.17, 15) is 18.0 Å². The number of nitrogens with one attached hydrogen (secondary N) is 2. The van der Waals surface area contributed by atoms with E-state index in [1.54, 1.807) is 6.20 Å². The van der Waals surface area contributed by atoms with Gasteiger partial charge in [-0.1, -0.05) is 12.8 Å². The minimum atomic E-state index is -4.40. The van der Waals surface area contributed by atoms with E-state index in [2.05, 4.69) is 15.5 Å². The van der Waals surface area contributed by atoms with E-state index in [1.165, 1.54) is 4.90 Å². The van der Waals surface area contributed by atoms with E-state index in [0.29, 0.717) is 25.9 Å². The monoisotopic (exact) mass is 344 g/mol. The van der Waals surface area contributed by atoms with E-state index >= 15 is 0 Å². The Morgan fingerprint density at radius 2 is 2.04 bits per heavy atom. The summed E-state index contributed by atoms with van der Waals surface area (Å²) in [7, 11) is 0. The molecule has 134 valence electrons. The van der Waals surface area contributed by atoms with Gasteiger partial charge in [0.15, 0.2) is 0 Å². The van der Waals surface area contributed by atoms with Crippen LogP contribution in [-0.2, 0) is 0 Å². The van der Waals surface area contributed by atoms with Gasteiger partial charge >= 0.3 is 12.2 Å². The molecule has 2 fully saturated rings. The minimum absolute atomic E-state index is 0.0998. The summed E-state index contributed by atoms with van der Waals surface area (Å²) >= 11 is 0. The third kappa shape index (κ3) is 3.84. The van der Waals surface area contributed by atoms with Gasteiger partial charge < -0.3 is 10.2 Å². The summed E-state index contributed by atoms with van der Waals surface area (Å²) in [5, 5.41) is 9.07. The molecule has 24 heavy (non-hydrogen) atoms. The van der Waals surface area contributed by atoms with E-state index in [4.69, 9.17) is 0 Å². The molecule has 0 radical (unpaired) electrons. The second kappa shape index (κ2) is 7.03. The van der Waals surface area contributed by atoms with Crippen LogP contribution in [0.1, 0.15) is 50.1 Å². The molecule has 2 N–H and O–H groups in total. The number of H-pyrrole nitrogens is 1. The SMILES string of the molecule is O=C(N[C@H](C1CCCC1)C(F)(F)F)N1CCC[C@H](c2ccn[nH]2)C1. The van der Waals surface area contributed by atoms with Crippen LogP contribution >= 0.6 is 0 Å². The Morgan fingerprint density at radius 1 is 1.29 bits per heavy atom. The zero-order valence-electron chi connectivity index (χ0n) is 13.5. The molecule has 1 saturated carbocycles. The van der Waals surface area contributed by atoms with Gasteiger partial charge in [-0.2, -0.15) is 18.3 Å². The Labute approximate surface area is 139 Å². The highest BCUT2D eigenvalue weighted by Crippen LogP contribution is 2.36. The molecule has 1 aromatic rings. The number of amides is 2. The molecule has 1 aromatic heterocycles. The first kappa shape index (κ1) is 17.1. The van der Waals surface area contributed by atoms with E-state index in [1.807, 2.05) is 6.07 Å². The second-order valence-corrected chi connectivity index (χ2v) is 6.81. The van der Waals surface area contributed by atoms with Gasteiger partial charge in [-0.3, -0.25) is 5.10 Å². The summed E-state index contributed by atoms with van der Waals surface area (Å²) in [5.74, 6) is -0.398. The standard InChI is InChI=1S/C16H23F3N4O/c17-16(18,19)14(11-4-1-2-5-11)21-15(24)23-9-3-6-12(10-23)13-7-8-20-22-13/h7-8,11-12,14H,1-6,9-10H2,(H,20,22)(H,21,24)/t12-,14+/m0/s1. The summed E-state index contributed by atoms with van der Waals surface area (Å²) in [6.07, 6.45) is 1.59. The lowest BCUT2D eigenvalue weighted by molar-refractivity contribution is -0.165. The van der Waals surface area contributed by atoms with Gasteiger partial charge in [-0.25, -0.2) is 4.79 Å². The van der Waals surface area contributed by atoms with Gasteiger partial charge in [0.05, 0.1) is 0 Å². The largest absolute Gasteiger partial charge is 0.408 e. The molecule has 3 rings (SSSR count). The van der Waals surface area contributed by atoms with Crippen molar-refractivity contribution < 1.29 is 18.0 Å². The van der Waals surface area contributed by atoms with Crippen LogP contribution in [-0.4, -0.2) is 46.4 Å². The molecule has 0 spiro atoms. The van der Waals surface area contributed by atoms with Crippen molar-refractivity contribution in [3.05, 3.63) is 18.0 Å². The molecule has 5 nitrogen and oxygen atoms in total. The number of urea groups is 1. The van der Waals surface area contributed by atoms with Crippen LogP contribution in [0.3, 0.4) is 0 Å². The average Bonchev–Trinajstić information content (AvgIpc) is 3.24. The number of carbonyl (C=O) groups is 1. The van der Waals surface area contributed by atoms with Crippen molar-refractivity contribution in [2.75, 3.05) is 13.1 Å². The first-order valence-corrected chi connectivity index (χ1v) is 8.56. The Morgan fingerprint density at radius 3 is 2.67 bits per heavy atom. The number of hydrogen-bond acceptors (Lipinski definition) is 2. The zero-order chi connectivity index (χ0) is 17.2. The van der Waals surface area contributed by atoms with Crippen molar-refractivity contribution in [2.45, 2.75) is 56.7 Å². The second-order valence-electron chi connectivity index (χ2n) is 6.81.